The van der Waals surface area contributed by atoms with E-state index in [1.54, 1.807) is 5.56 Å². The second-order valence-electron chi connectivity index (χ2n) is 8.05. The molecule has 0 N–H and O–H groups in total. The Bertz CT molecular complexity index is 639. The summed E-state index contributed by atoms with van der Waals surface area (Å²) < 4.78 is 0. The molecule has 2 heteroatoms. The lowest BCUT2D eigenvalue weighted by molar-refractivity contribution is 0.421. The van der Waals surface area contributed by atoms with Crippen molar-refractivity contribution in [1.82, 2.24) is 0 Å². The predicted molar refractivity (Wildman–Crippen MR) is 100 cm³/mol. The Morgan fingerprint density at radius 3 is 2.41 bits per heavy atom. The van der Waals surface area contributed by atoms with Crippen LogP contribution in [0.15, 0.2) is 48.6 Å². The van der Waals surface area contributed by atoms with E-state index in [2.05, 4.69) is 79.2 Å². The molecule has 1 saturated carbocycles. The Morgan fingerprint density at radius 2 is 1.68 bits per heavy atom. The smallest absolute Gasteiger partial charge is 0.0484 e. The van der Waals surface area contributed by atoms with Gasteiger partial charge in [-0.2, -0.15) is 0 Å². The lowest BCUT2D eigenvalue weighted by atomic mass is 9.82. The summed E-state index contributed by atoms with van der Waals surface area (Å²) in [6.07, 6.45) is 16.8. The fraction of sp³-hybridized carbons (Fsp3) is 0.500. The SMILES string of the molecule is CC1C2C=CC=CC2C2c3ccccc3N(CS(C)(C)C)C12. The first-order valence-electron chi connectivity index (χ1n) is 8.34. The normalized spacial score (nSPS) is 36.2. The van der Waals surface area contributed by atoms with Crippen LogP contribution in [0.3, 0.4) is 0 Å². The Balaban J connectivity index is 1.81. The molecule has 0 radical (unpaired) electrons. The fourth-order valence-electron chi connectivity index (χ4n) is 4.94. The van der Waals surface area contributed by atoms with Crippen LogP contribution in [0.4, 0.5) is 5.69 Å². The summed E-state index contributed by atoms with van der Waals surface area (Å²) in [6, 6.07) is 9.84. The number of rotatable bonds is 2. The van der Waals surface area contributed by atoms with Crippen molar-refractivity contribution >= 4 is 15.7 Å². The molecule has 1 aromatic carbocycles. The van der Waals surface area contributed by atoms with Gasteiger partial charge in [-0.1, -0.05) is 49.4 Å². The molecule has 1 fully saturated rings. The molecule has 4 rings (SSSR count). The maximum atomic E-state index is 2.76. The second kappa shape index (κ2) is 4.92. The lowest BCUT2D eigenvalue weighted by Gasteiger charge is -2.38. The van der Waals surface area contributed by atoms with Gasteiger partial charge in [0.2, 0.25) is 0 Å². The minimum atomic E-state index is -0.555. The van der Waals surface area contributed by atoms with Gasteiger partial charge in [0.1, 0.15) is 0 Å². The third-order valence-electron chi connectivity index (χ3n) is 5.64. The van der Waals surface area contributed by atoms with E-state index in [0.717, 1.165) is 5.92 Å². The van der Waals surface area contributed by atoms with E-state index in [9.17, 15) is 0 Å². The maximum Gasteiger partial charge on any atom is 0.0484 e. The molecule has 2 aliphatic carbocycles. The summed E-state index contributed by atoms with van der Waals surface area (Å²) in [7, 11) is -0.555. The average Bonchev–Trinajstić information content (AvgIpc) is 2.94. The number of anilines is 1. The van der Waals surface area contributed by atoms with Crippen LogP contribution in [-0.4, -0.2) is 30.7 Å². The molecule has 1 aromatic rings. The van der Waals surface area contributed by atoms with Gasteiger partial charge in [-0.15, -0.1) is 0 Å². The van der Waals surface area contributed by atoms with Crippen LogP contribution in [0, 0.1) is 17.8 Å². The number of nitrogens with zero attached hydrogens (tertiary/aromatic N) is 1. The number of allylic oxidation sites excluding steroid dienone is 4. The van der Waals surface area contributed by atoms with E-state index in [4.69, 9.17) is 0 Å². The highest BCUT2D eigenvalue weighted by atomic mass is 32.3. The number of fused-ring (bicyclic) bond motifs is 5. The molecule has 5 unspecified atom stereocenters. The van der Waals surface area contributed by atoms with Gasteiger partial charge in [0.15, 0.2) is 0 Å². The molecular weight excluding hydrogens is 286 g/mol. The topological polar surface area (TPSA) is 3.24 Å². The minimum absolute atomic E-state index is 0.555. The molecule has 0 aromatic heterocycles. The highest BCUT2D eigenvalue weighted by molar-refractivity contribution is 8.32. The van der Waals surface area contributed by atoms with Gasteiger partial charge < -0.3 is 4.90 Å². The Morgan fingerprint density at radius 1 is 1.00 bits per heavy atom. The van der Waals surface area contributed by atoms with Gasteiger partial charge in [0.05, 0.1) is 0 Å². The highest BCUT2D eigenvalue weighted by Crippen LogP contribution is 2.59. The van der Waals surface area contributed by atoms with Crippen molar-refractivity contribution in [3.8, 4) is 0 Å². The van der Waals surface area contributed by atoms with Crippen LogP contribution >= 0.6 is 10.0 Å². The van der Waals surface area contributed by atoms with Crippen LogP contribution in [0.25, 0.3) is 0 Å². The zero-order valence-corrected chi connectivity index (χ0v) is 14.9. The third kappa shape index (κ3) is 2.07. The van der Waals surface area contributed by atoms with E-state index in [0.29, 0.717) is 23.8 Å². The van der Waals surface area contributed by atoms with Crippen LogP contribution in [0.1, 0.15) is 18.4 Å². The van der Waals surface area contributed by atoms with Crippen molar-refractivity contribution in [3.63, 3.8) is 0 Å². The van der Waals surface area contributed by atoms with Crippen molar-refractivity contribution in [3.05, 3.63) is 54.1 Å². The zero-order valence-electron chi connectivity index (χ0n) is 14.1. The number of para-hydroxylation sites is 1. The summed E-state index contributed by atoms with van der Waals surface area (Å²) in [6.45, 7) is 2.47. The van der Waals surface area contributed by atoms with E-state index in [1.807, 2.05) is 0 Å². The van der Waals surface area contributed by atoms with Crippen LogP contribution in [0.5, 0.6) is 0 Å². The van der Waals surface area contributed by atoms with Crippen molar-refractivity contribution in [2.24, 2.45) is 17.8 Å². The monoisotopic (exact) mass is 313 g/mol. The minimum Gasteiger partial charge on any atom is -0.360 e. The summed E-state index contributed by atoms with van der Waals surface area (Å²) in [5, 5.41) is 0. The maximum absolute atomic E-state index is 2.76. The molecular formula is C20H27NS. The van der Waals surface area contributed by atoms with Gasteiger partial charge >= 0.3 is 0 Å². The molecule has 118 valence electrons. The van der Waals surface area contributed by atoms with E-state index in [-0.39, 0.29) is 0 Å². The molecule has 22 heavy (non-hydrogen) atoms. The van der Waals surface area contributed by atoms with Gasteiger partial charge in [-0.25, -0.2) is 10.0 Å². The Labute approximate surface area is 136 Å². The quantitative estimate of drug-likeness (QED) is 0.770. The van der Waals surface area contributed by atoms with Crippen LogP contribution < -0.4 is 4.90 Å². The molecule has 5 atom stereocenters. The molecule has 0 saturated heterocycles. The van der Waals surface area contributed by atoms with Crippen molar-refractivity contribution in [2.45, 2.75) is 18.9 Å². The van der Waals surface area contributed by atoms with E-state index >= 15 is 0 Å². The number of benzene rings is 1. The summed E-state index contributed by atoms with van der Waals surface area (Å²) in [5.74, 6) is 4.03. The highest BCUT2D eigenvalue weighted by Gasteiger charge is 2.54. The number of hydrogen-bond donors (Lipinski definition) is 0. The zero-order chi connectivity index (χ0) is 15.5. The van der Waals surface area contributed by atoms with Crippen LogP contribution in [-0.2, 0) is 0 Å². The molecule has 0 spiro atoms. The van der Waals surface area contributed by atoms with Crippen molar-refractivity contribution in [2.75, 3.05) is 29.5 Å². The Kier molecular flexibility index (Phi) is 3.23. The lowest BCUT2D eigenvalue weighted by Crippen LogP contribution is -2.38. The molecule has 0 amide bonds. The second-order valence-corrected chi connectivity index (χ2v) is 12.5. The van der Waals surface area contributed by atoms with Gasteiger partial charge in [0, 0.05) is 23.5 Å². The third-order valence-corrected chi connectivity index (χ3v) is 6.69. The van der Waals surface area contributed by atoms with Crippen molar-refractivity contribution in [1.29, 1.82) is 0 Å². The van der Waals surface area contributed by atoms with Gasteiger partial charge in [0.25, 0.3) is 0 Å². The largest absolute Gasteiger partial charge is 0.360 e. The van der Waals surface area contributed by atoms with Gasteiger partial charge in [-0.3, -0.25) is 0 Å². The van der Waals surface area contributed by atoms with Crippen LogP contribution in [0.2, 0.25) is 0 Å². The Hall–Kier alpha value is -1.15. The summed E-state index contributed by atoms with van der Waals surface area (Å²) >= 11 is 0. The molecule has 1 nitrogen and oxygen atoms in total. The summed E-state index contributed by atoms with van der Waals surface area (Å²) in [4.78, 5) is 2.76. The van der Waals surface area contributed by atoms with E-state index < -0.39 is 10.0 Å². The number of hydrogen-bond acceptors (Lipinski definition) is 1. The fourth-order valence-corrected chi connectivity index (χ4v) is 6.09. The molecule has 0 bridgehead atoms. The van der Waals surface area contributed by atoms with E-state index in [1.165, 1.54) is 11.6 Å². The first kappa shape index (κ1) is 14.4. The predicted octanol–water partition coefficient (Wildman–Crippen LogP) is 4.62. The van der Waals surface area contributed by atoms with Gasteiger partial charge in [-0.05, 0) is 48.2 Å². The standard InChI is InChI=1S/C20H27NS/c1-14-15-9-5-6-10-16(15)19-17-11-7-8-12-18(17)21(20(14)19)13-22(2,3)4/h5-12,14-16,19-20H,13H2,1-4H3. The molecule has 3 aliphatic rings. The first-order valence-corrected chi connectivity index (χ1v) is 11.4. The molecule has 1 aliphatic heterocycles. The molecule has 1 heterocycles. The first-order chi connectivity index (χ1) is 10.5. The van der Waals surface area contributed by atoms with Crippen molar-refractivity contribution < 1.29 is 0 Å². The summed E-state index contributed by atoms with van der Waals surface area (Å²) in [5.41, 5.74) is 3.10. The average molecular weight is 314 g/mol.